The van der Waals surface area contributed by atoms with E-state index in [-0.39, 0.29) is 0 Å². The maximum Gasteiger partial charge on any atom is 0.0720 e. The van der Waals surface area contributed by atoms with Gasteiger partial charge in [0.1, 0.15) is 0 Å². The van der Waals surface area contributed by atoms with Crippen LogP contribution in [0, 0.1) is 0 Å². The van der Waals surface area contributed by atoms with Gasteiger partial charge in [0.25, 0.3) is 0 Å². The minimum atomic E-state index is 0.470. The number of rotatable bonds is 0. The Kier molecular flexibility index (Phi) is 1.68. The molecule has 0 unspecified atom stereocenters. The average Bonchev–Trinajstić information content (AvgIpc) is 1.84. The second-order valence-electron chi connectivity index (χ2n) is 1.80. The number of allylic oxidation sites excluding steroid dienone is 1. The Balaban J connectivity index is 2.49. The van der Waals surface area contributed by atoms with E-state index in [0.29, 0.717) is 2.75 Å². The van der Waals surface area contributed by atoms with Crippen LogP contribution in [0.4, 0.5) is 0 Å². The monoisotopic (exact) mass is 226 g/mol. The van der Waals surface area contributed by atoms with Crippen molar-refractivity contribution in [2.45, 2.75) is 16.1 Å². The summed E-state index contributed by atoms with van der Waals surface area (Å²) in [6, 6.07) is 0. The lowest BCUT2D eigenvalue weighted by Gasteiger charge is -2.10. The third-order valence-corrected chi connectivity index (χ3v) is 3.08. The minimum absolute atomic E-state index is 0.470. The summed E-state index contributed by atoms with van der Waals surface area (Å²) in [5.41, 5.74) is 0. The van der Waals surface area contributed by atoms with Crippen LogP contribution in [0.1, 0.15) is 13.3 Å². The minimum Gasteiger partial charge on any atom is -0.117 e. The lowest BCUT2D eigenvalue weighted by atomic mass is 10.3. The zero-order valence-electron chi connectivity index (χ0n) is 4.15. The van der Waals surface area contributed by atoms with E-state index in [0.717, 1.165) is 0 Å². The standard InChI is InChI=1S/C5H7IS/c1-5(6)3-2-4-7-5/h2,4H,3H2,1H3/t5-/m1/s1. The van der Waals surface area contributed by atoms with E-state index >= 15 is 0 Å². The molecule has 0 aliphatic carbocycles. The Hall–Kier alpha value is 0.820. The van der Waals surface area contributed by atoms with Crippen LogP contribution in [-0.4, -0.2) is 2.75 Å². The molecule has 0 aromatic heterocycles. The van der Waals surface area contributed by atoms with Crippen molar-refractivity contribution in [3.05, 3.63) is 11.5 Å². The summed E-state index contributed by atoms with van der Waals surface area (Å²) in [7, 11) is 0. The summed E-state index contributed by atoms with van der Waals surface area (Å²) in [5.74, 6) is 0. The van der Waals surface area contributed by atoms with Crippen LogP contribution in [0.5, 0.6) is 0 Å². The predicted molar refractivity (Wildman–Crippen MR) is 43.8 cm³/mol. The highest BCUT2D eigenvalue weighted by atomic mass is 127. The van der Waals surface area contributed by atoms with Gasteiger partial charge in [0, 0.05) is 0 Å². The van der Waals surface area contributed by atoms with Crippen LogP contribution in [0.25, 0.3) is 0 Å². The van der Waals surface area contributed by atoms with Crippen LogP contribution >= 0.6 is 34.4 Å². The highest BCUT2D eigenvalue weighted by Crippen LogP contribution is 2.41. The fourth-order valence-electron chi connectivity index (χ4n) is 0.497. The molecule has 0 N–H and O–H groups in total. The molecule has 2 heteroatoms. The molecule has 0 aromatic carbocycles. The first-order valence-corrected chi connectivity index (χ1v) is 4.18. The summed E-state index contributed by atoms with van der Waals surface area (Å²) in [6.45, 7) is 2.25. The number of thioether (sulfide) groups is 1. The number of alkyl halides is 1. The van der Waals surface area contributed by atoms with E-state index in [2.05, 4.69) is 41.0 Å². The topological polar surface area (TPSA) is 0 Å². The van der Waals surface area contributed by atoms with E-state index in [1.807, 2.05) is 11.8 Å². The molecule has 0 aromatic rings. The van der Waals surface area contributed by atoms with Gasteiger partial charge in [-0.15, -0.1) is 11.8 Å². The third-order valence-electron chi connectivity index (χ3n) is 0.892. The van der Waals surface area contributed by atoms with Gasteiger partial charge in [-0.05, 0) is 18.8 Å². The molecular formula is C5H7IS. The summed E-state index contributed by atoms with van der Waals surface area (Å²) in [4.78, 5) is 0. The number of halogens is 1. The van der Waals surface area contributed by atoms with Gasteiger partial charge in [-0.2, -0.15) is 0 Å². The second kappa shape index (κ2) is 1.97. The molecular weight excluding hydrogens is 219 g/mol. The van der Waals surface area contributed by atoms with Gasteiger partial charge < -0.3 is 0 Å². The molecule has 0 amide bonds. The summed E-state index contributed by atoms with van der Waals surface area (Å²) in [5, 5.41) is 2.17. The fourth-order valence-corrected chi connectivity index (χ4v) is 1.86. The van der Waals surface area contributed by atoms with Crippen molar-refractivity contribution in [1.82, 2.24) is 0 Å². The summed E-state index contributed by atoms with van der Waals surface area (Å²) in [6.07, 6.45) is 3.44. The quantitative estimate of drug-likeness (QED) is 0.452. The van der Waals surface area contributed by atoms with Crippen LogP contribution < -0.4 is 0 Å². The molecule has 0 radical (unpaired) electrons. The van der Waals surface area contributed by atoms with E-state index < -0.39 is 0 Å². The number of hydrogen-bond donors (Lipinski definition) is 0. The van der Waals surface area contributed by atoms with Crippen molar-refractivity contribution in [3.8, 4) is 0 Å². The molecule has 1 atom stereocenters. The lowest BCUT2D eigenvalue weighted by molar-refractivity contribution is 0.971. The maximum atomic E-state index is 2.47. The highest BCUT2D eigenvalue weighted by molar-refractivity contribution is 14.1. The molecule has 1 rings (SSSR count). The first-order valence-electron chi connectivity index (χ1n) is 2.22. The molecule has 0 saturated carbocycles. The van der Waals surface area contributed by atoms with Crippen molar-refractivity contribution >= 4 is 34.4 Å². The maximum absolute atomic E-state index is 2.47. The summed E-state index contributed by atoms with van der Waals surface area (Å²) >= 11 is 4.37. The molecule has 0 bridgehead atoms. The second-order valence-corrected chi connectivity index (χ2v) is 6.32. The van der Waals surface area contributed by atoms with Gasteiger partial charge in [0.15, 0.2) is 0 Å². The van der Waals surface area contributed by atoms with Gasteiger partial charge in [-0.1, -0.05) is 28.7 Å². The Morgan fingerprint density at radius 1 is 1.86 bits per heavy atom. The zero-order chi connectivity index (χ0) is 5.33. The highest BCUT2D eigenvalue weighted by Gasteiger charge is 2.20. The molecule has 1 aliphatic heterocycles. The van der Waals surface area contributed by atoms with Gasteiger partial charge in [0.05, 0.1) is 2.75 Å². The summed E-state index contributed by atoms with van der Waals surface area (Å²) < 4.78 is 0.470. The molecule has 0 fully saturated rings. The molecule has 1 heterocycles. The van der Waals surface area contributed by atoms with E-state index in [9.17, 15) is 0 Å². The zero-order valence-corrected chi connectivity index (χ0v) is 7.12. The fraction of sp³-hybridized carbons (Fsp3) is 0.600. The molecule has 40 valence electrons. The Morgan fingerprint density at radius 3 is 2.71 bits per heavy atom. The Bertz CT molecular complexity index is 86.3. The van der Waals surface area contributed by atoms with Gasteiger partial charge in [-0.3, -0.25) is 0 Å². The van der Waals surface area contributed by atoms with Crippen LogP contribution in [0.3, 0.4) is 0 Å². The van der Waals surface area contributed by atoms with Crippen LogP contribution in [0.2, 0.25) is 0 Å². The molecule has 0 nitrogen and oxygen atoms in total. The third kappa shape index (κ3) is 1.64. The molecule has 1 aliphatic rings. The van der Waals surface area contributed by atoms with Crippen molar-refractivity contribution in [2.75, 3.05) is 0 Å². The van der Waals surface area contributed by atoms with E-state index in [1.54, 1.807) is 0 Å². The van der Waals surface area contributed by atoms with Crippen LogP contribution in [0.15, 0.2) is 11.5 Å². The number of hydrogen-bond acceptors (Lipinski definition) is 1. The average molecular weight is 226 g/mol. The van der Waals surface area contributed by atoms with Crippen molar-refractivity contribution < 1.29 is 0 Å². The smallest absolute Gasteiger partial charge is 0.0720 e. The first-order chi connectivity index (χ1) is 3.21. The molecule has 0 saturated heterocycles. The van der Waals surface area contributed by atoms with Crippen molar-refractivity contribution in [3.63, 3.8) is 0 Å². The Labute approximate surface area is 61.9 Å². The van der Waals surface area contributed by atoms with Crippen LogP contribution in [-0.2, 0) is 0 Å². The van der Waals surface area contributed by atoms with Gasteiger partial charge in [-0.25, -0.2) is 0 Å². The lowest BCUT2D eigenvalue weighted by Crippen LogP contribution is -2.01. The largest absolute Gasteiger partial charge is 0.117 e. The van der Waals surface area contributed by atoms with E-state index in [4.69, 9.17) is 0 Å². The van der Waals surface area contributed by atoms with Crippen molar-refractivity contribution in [2.24, 2.45) is 0 Å². The Morgan fingerprint density at radius 2 is 2.57 bits per heavy atom. The normalized spacial score (nSPS) is 39.7. The van der Waals surface area contributed by atoms with Gasteiger partial charge >= 0.3 is 0 Å². The SMILES string of the molecule is C[C@]1(I)CC=CS1. The predicted octanol–water partition coefficient (Wildman–Crippen LogP) is 2.79. The first kappa shape index (κ1) is 5.95. The van der Waals surface area contributed by atoms with Gasteiger partial charge in [0.2, 0.25) is 0 Å². The van der Waals surface area contributed by atoms with E-state index in [1.165, 1.54) is 6.42 Å². The molecule has 7 heavy (non-hydrogen) atoms. The molecule has 0 spiro atoms. The van der Waals surface area contributed by atoms with Crippen molar-refractivity contribution in [1.29, 1.82) is 0 Å².